The number of hydrogen-bond donors (Lipinski definition) is 3. The molecule has 0 aliphatic rings. The molecule has 1 aromatic carbocycles. The predicted molar refractivity (Wildman–Crippen MR) is 82.8 cm³/mol. The summed E-state index contributed by atoms with van der Waals surface area (Å²) in [5.74, 6) is -0.981. The van der Waals surface area contributed by atoms with Gasteiger partial charge in [0.25, 0.3) is 0 Å². The summed E-state index contributed by atoms with van der Waals surface area (Å²) in [6.07, 6.45) is 1.95. The van der Waals surface area contributed by atoms with Gasteiger partial charge in [0.15, 0.2) is 0 Å². The molecule has 0 atom stereocenters. The molecule has 5 nitrogen and oxygen atoms in total. The molecular weight excluding hydrogens is 268 g/mol. The van der Waals surface area contributed by atoms with Crippen LogP contribution in [-0.4, -0.2) is 23.5 Å². The van der Waals surface area contributed by atoms with Crippen LogP contribution in [0.2, 0.25) is 0 Å². The maximum absolute atomic E-state index is 11.9. The van der Waals surface area contributed by atoms with Gasteiger partial charge >= 0.3 is 5.97 Å². The number of rotatable bonds is 8. The number of carbonyl (C=O) groups excluding carboxylic acids is 1. The molecule has 5 heteroatoms. The van der Waals surface area contributed by atoms with Crippen molar-refractivity contribution in [2.45, 2.75) is 39.5 Å². The second-order valence-corrected chi connectivity index (χ2v) is 5.31. The van der Waals surface area contributed by atoms with Gasteiger partial charge in [0.2, 0.25) is 5.91 Å². The lowest BCUT2D eigenvalue weighted by molar-refractivity contribution is -0.149. The molecule has 0 fully saturated rings. The number of anilines is 1. The van der Waals surface area contributed by atoms with Crippen LogP contribution in [0.25, 0.3) is 0 Å². The average molecular weight is 292 g/mol. The van der Waals surface area contributed by atoms with Crippen LogP contribution in [0.5, 0.6) is 0 Å². The van der Waals surface area contributed by atoms with Crippen LogP contribution in [0, 0.1) is 5.41 Å². The Morgan fingerprint density at radius 3 is 2.24 bits per heavy atom. The topological polar surface area (TPSA) is 92.4 Å². The number of nitrogens with two attached hydrogens (primary N) is 1. The molecule has 116 valence electrons. The van der Waals surface area contributed by atoms with Crippen LogP contribution in [0.15, 0.2) is 24.3 Å². The van der Waals surface area contributed by atoms with Gasteiger partial charge in [0, 0.05) is 18.7 Å². The Balaban J connectivity index is 2.46. The number of hydrogen-bond acceptors (Lipinski definition) is 3. The fourth-order valence-corrected chi connectivity index (χ4v) is 2.18. The number of nitrogen functional groups attached to an aromatic ring is 1. The second-order valence-electron chi connectivity index (χ2n) is 5.31. The van der Waals surface area contributed by atoms with E-state index in [0.717, 1.165) is 5.56 Å². The zero-order valence-corrected chi connectivity index (χ0v) is 12.7. The van der Waals surface area contributed by atoms with E-state index in [1.165, 1.54) is 0 Å². The monoisotopic (exact) mass is 292 g/mol. The number of aliphatic carboxylic acids is 1. The second kappa shape index (κ2) is 7.67. The van der Waals surface area contributed by atoms with Crippen LogP contribution in [0.4, 0.5) is 5.69 Å². The molecule has 1 rings (SSSR count). The van der Waals surface area contributed by atoms with Gasteiger partial charge < -0.3 is 16.2 Å². The van der Waals surface area contributed by atoms with Crippen LogP contribution < -0.4 is 11.1 Å². The minimum atomic E-state index is -0.864. The lowest BCUT2D eigenvalue weighted by Gasteiger charge is -2.26. The first-order valence-electron chi connectivity index (χ1n) is 7.28. The van der Waals surface area contributed by atoms with Gasteiger partial charge in [-0.3, -0.25) is 9.59 Å². The fraction of sp³-hybridized carbons (Fsp3) is 0.500. The Labute approximate surface area is 125 Å². The third kappa shape index (κ3) is 4.77. The van der Waals surface area contributed by atoms with Crippen molar-refractivity contribution in [3.63, 3.8) is 0 Å². The Hall–Kier alpha value is -2.04. The lowest BCUT2D eigenvalue weighted by Crippen LogP contribution is -2.42. The van der Waals surface area contributed by atoms with Gasteiger partial charge in [0.1, 0.15) is 0 Å². The number of amides is 1. The zero-order valence-electron chi connectivity index (χ0n) is 12.7. The van der Waals surface area contributed by atoms with Crippen molar-refractivity contribution >= 4 is 17.6 Å². The van der Waals surface area contributed by atoms with E-state index < -0.39 is 11.4 Å². The van der Waals surface area contributed by atoms with Crippen molar-refractivity contribution in [1.29, 1.82) is 0 Å². The first-order chi connectivity index (χ1) is 9.93. The molecule has 0 saturated heterocycles. The maximum atomic E-state index is 11.9. The number of aryl methyl sites for hydroxylation is 1. The molecule has 4 N–H and O–H groups in total. The highest BCUT2D eigenvalue weighted by Crippen LogP contribution is 2.25. The fourth-order valence-electron chi connectivity index (χ4n) is 2.18. The molecule has 0 spiro atoms. The summed E-state index contributed by atoms with van der Waals surface area (Å²) in [6, 6.07) is 7.39. The summed E-state index contributed by atoms with van der Waals surface area (Å²) in [5.41, 5.74) is 6.47. The van der Waals surface area contributed by atoms with E-state index in [4.69, 9.17) is 5.73 Å². The normalized spacial score (nSPS) is 11.1. The van der Waals surface area contributed by atoms with Crippen LogP contribution in [0.1, 0.15) is 38.7 Å². The average Bonchev–Trinajstić information content (AvgIpc) is 2.48. The summed E-state index contributed by atoms with van der Waals surface area (Å²) >= 11 is 0. The molecule has 1 aromatic rings. The molecule has 0 radical (unpaired) electrons. The minimum Gasteiger partial charge on any atom is -0.481 e. The first-order valence-corrected chi connectivity index (χ1v) is 7.28. The van der Waals surface area contributed by atoms with E-state index in [-0.39, 0.29) is 12.5 Å². The van der Waals surface area contributed by atoms with Crippen LogP contribution >= 0.6 is 0 Å². The first kappa shape index (κ1) is 17.0. The van der Waals surface area contributed by atoms with Crippen molar-refractivity contribution in [1.82, 2.24) is 5.32 Å². The van der Waals surface area contributed by atoms with Gasteiger partial charge in [-0.25, -0.2) is 0 Å². The third-order valence-corrected chi connectivity index (χ3v) is 4.05. The third-order valence-electron chi connectivity index (χ3n) is 4.05. The van der Waals surface area contributed by atoms with Crippen molar-refractivity contribution in [2.75, 3.05) is 12.3 Å². The standard InChI is InChI=1S/C16H24N2O3/c1-3-16(4-2,15(20)21)11-18-14(19)10-7-12-5-8-13(17)9-6-12/h5-6,8-9H,3-4,7,10-11,17H2,1-2H3,(H,18,19)(H,20,21). The molecular formula is C16H24N2O3. The summed E-state index contributed by atoms with van der Waals surface area (Å²) in [4.78, 5) is 23.2. The number of carboxylic acids is 1. The van der Waals surface area contributed by atoms with E-state index >= 15 is 0 Å². The molecule has 0 bridgehead atoms. The molecule has 0 heterocycles. The Bertz CT molecular complexity index is 479. The maximum Gasteiger partial charge on any atom is 0.311 e. The van der Waals surface area contributed by atoms with Gasteiger partial charge in [-0.15, -0.1) is 0 Å². The Kier molecular flexibility index (Phi) is 6.21. The number of nitrogens with one attached hydrogen (secondary N) is 1. The minimum absolute atomic E-state index is 0.126. The summed E-state index contributed by atoms with van der Waals surface area (Å²) in [6.45, 7) is 3.84. The molecule has 0 aromatic heterocycles. The Morgan fingerprint density at radius 1 is 1.19 bits per heavy atom. The molecule has 0 aliphatic heterocycles. The molecule has 0 unspecified atom stereocenters. The lowest BCUT2D eigenvalue weighted by atomic mass is 9.82. The number of benzene rings is 1. The van der Waals surface area contributed by atoms with Crippen molar-refractivity contribution in [3.8, 4) is 0 Å². The highest BCUT2D eigenvalue weighted by molar-refractivity contribution is 5.79. The smallest absolute Gasteiger partial charge is 0.311 e. The summed E-state index contributed by atoms with van der Waals surface area (Å²) in [7, 11) is 0. The van der Waals surface area contributed by atoms with Crippen molar-refractivity contribution in [3.05, 3.63) is 29.8 Å². The predicted octanol–water partition coefficient (Wildman–Crippen LogP) is 2.21. The molecule has 21 heavy (non-hydrogen) atoms. The molecule has 1 amide bonds. The van der Waals surface area contributed by atoms with Crippen molar-refractivity contribution < 1.29 is 14.7 Å². The van der Waals surface area contributed by atoms with Crippen LogP contribution in [0.3, 0.4) is 0 Å². The van der Waals surface area contributed by atoms with Crippen LogP contribution in [-0.2, 0) is 16.0 Å². The molecule has 0 aliphatic carbocycles. The quantitative estimate of drug-likeness (QED) is 0.640. The van der Waals surface area contributed by atoms with Crippen molar-refractivity contribution in [2.24, 2.45) is 5.41 Å². The van der Waals surface area contributed by atoms with Gasteiger partial charge in [-0.05, 0) is 37.0 Å². The van der Waals surface area contributed by atoms with E-state index in [9.17, 15) is 14.7 Å². The van der Waals surface area contributed by atoms with Gasteiger partial charge in [-0.2, -0.15) is 0 Å². The van der Waals surface area contributed by atoms with E-state index in [1.807, 2.05) is 26.0 Å². The SMILES string of the molecule is CCC(CC)(CNC(=O)CCc1ccc(N)cc1)C(=O)O. The highest BCUT2D eigenvalue weighted by atomic mass is 16.4. The van der Waals surface area contributed by atoms with Gasteiger partial charge in [-0.1, -0.05) is 26.0 Å². The number of carbonyl (C=O) groups is 2. The summed E-state index contributed by atoms with van der Waals surface area (Å²) in [5, 5.41) is 12.1. The van der Waals surface area contributed by atoms with E-state index in [1.54, 1.807) is 12.1 Å². The number of carboxylic acid groups (broad SMARTS) is 1. The Morgan fingerprint density at radius 2 is 1.76 bits per heavy atom. The highest BCUT2D eigenvalue weighted by Gasteiger charge is 2.34. The summed E-state index contributed by atoms with van der Waals surface area (Å²) < 4.78 is 0. The van der Waals surface area contributed by atoms with E-state index in [2.05, 4.69) is 5.32 Å². The zero-order chi connectivity index (χ0) is 15.9. The largest absolute Gasteiger partial charge is 0.481 e. The van der Waals surface area contributed by atoms with E-state index in [0.29, 0.717) is 31.4 Å². The molecule has 0 saturated carbocycles. The van der Waals surface area contributed by atoms with Gasteiger partial charge in [0.05, 0.1) is 5.41 Å².